The molecule has 0 fully saturated rings. The minimum absolute atomic E-state index is 0.396. The molecule has 0 aliphatic heterocycles. The number of aromatic nitrogens is 3. The molecule has 0 radical (unpaired) electrons. The molecule has 0 N–H and O–H groups in total. The predicted molar refractivity (Wildman–Crippen MR) is 89.8 cm³/mol. The lowest BCUT2D eigenvalue weighted by Crippen LogP contribution is -2.20. The second-order valence-electron chi connectivity index (χ2n) is 5.55. The molecule has 0 aromatic carbocycles. The molecule has 2 aromatic rings. The van der Waals surface area contributed by atoms with E-state index in [4.69, 9.17) is 4.74 Å². The molecule has 2 rings (SSSR count). The molecule has 0 amide bonds. The van der Waals surface area contributed by atoms with Crippen molar-refractivity contribution in [1.29, 1.82) is 0 Å². The van der Waals surface area contributed by atoms with Gasteiger partial charge in [-0.25, -0.2) is 14.2 Å². The SMILES string of the molecule is COc1cc(-c2nsc(/C(C)=N/[S@@](=O)C(C)(C)C)n2)ccn1. The van der Waals surface area contributed by atoms with Gasteiger partial charge in [-0.2, -0.15) is 8.77 Å². The van der Waals surface area contributed by atoms with E-state index in [1.807, 2.05) is 26.8 Å². The first-order valence-electron chi connectivity index (χ1n) is 6.63. The molecule has 8 heteroatoms. The van der Waals surface area contributed by atoms with Crippen LogP contribution in [0, 0.1) is 0 Å². The highest BCUT2D eigenvalue weighted by atomic mass is 32.2. The topological polar surface area (TPSA) is 77.3 Å². The lowest BCUT2D eigenvalue weighted by molar-refractivity contribution is 0.398. The van der Waals surface area contributed by atoms with Crippen molar-refractivity contribution >= 4 is 28.2 Å². The molecule has 118 valence electrons. The van der Waals surface area contributed by atoms with Crippen LogP contribution in [0.3, 0.4) is 0 Å². The van der Waals surface area contributed by atoms with E-state index in [9.17, 15) is 4.21 Å². The first-order valence-corrected chi connectivity index (χ1v) is 8.51. The molecule has 0 unspecified atom stereocenters. The second-order valence-corrected chi connectivity index (χ2v) is 8.21. The lowest BCUT2D eigenvalue weighted by Gasteiger charge is -2.13. The van der Waals surface area contributed by atoms with Gasteiger partial charge in [-0.05, 0) is 45.3 Å². The first-order chi connectivity index (χ1) is 10.3. The van der Waals surface area contributed by atoms with Crippen molar-refractivity contribution in [2.24, 2.45) is 4.40 Å². The predicted octanol–water partition coefficient (Wildman–Crippen LogP) is 2.88. The first kappa shape index (κ1) is 16.7. The van der Waals surface area contributed by atoms with Gasteiger partial charge < -0.3 is 4.74 Å². The average molecular weight is 338 g/mol. The molecule has 2 aromatic heterocycles. The Bertz CT molecular complexity index is 720. The molecular formula is C14H18N4O2S2. The van der Waals surface area contributed by atoms with Gasteiger partial charge in [0.15, 0.2) is 10.8 Å². The van der Waals surface area contributed by atoms with Crippen LogP contribution in [0.5, 0.6) is 5.88 Å². The molecule has 0 bridgehead atoms. The molecule has 22 heavy (non-hydrogen) atoms. The quantitative estimate of drug-likeness (QED) is 0.801. The molecule has 0 spiro atoms. The van der Waals surface area contributed by atoms with Crippen molar-refractivity contribution in [1.82, 2.24) is 14.3 Å². The molecular weight excluding hydrogens is 320 g/mol. The maximum absolute atomic E-state index is 12.1. The molecule has 0 aliphatic rings. The van der Waals surface area contributed by atoms with Crippen LogP contribution < -0.4 is 4.74 Å². The third-order valence-corrected chi connectivity index (χ3v) is 4.99. The molecule has 0 saturated carbocycles. The van der Waals surface area contributed by atoms with Crippen LogP contribution in [0.15, 0.2) is 22.7 Å². The summed E-state index contributed by atoms with van der Waals surface area (Å²) in [6.45, 7) is 7.44. The van der Waals surface area contributed by atoms with Crippen molar-refractivity contribution in [2.45, 2.75) is 32.4 Å². The zero-order chi connectivity index (χ0) is 16.3. The summed E-state index contributed by atoms with van der Waals surface area (Å²) < 4.78 is 25.3. The Morgan fingerprint density at radius 3 is 2.77 bits per heavy atom. The van der Waals surface area contributed by atoms with Gasteiger partial charge in [0.05, 0.1) is 17.6 Å². The van der Waals surface area contributed by atoms with Crippen LogP contribution in [-0.2, 0) is 11.0 Å². The number of methoxy groups -OCH3 is 1. The standard InChI is InChI=1S/C14H18N4O2S2/c1-9(18-22(19)14(2,3)4)13-16-12(17-21-13)10-6-7-15-11(8-10)20-5/h6-8H,1-5H3/b18-9+/t22-/m0/s1. The summed E-state index contributed by atoms with van der Waals surface area (Å²) in [6, 6.07) is 3.58. The van der Waals surface area contributed by atoms with Gasteiger partial charge in [0.25, 0.3) is 0 Å². The number of ether oxygens (including phenoxy) is 1. The summed E-state index contributed by atoms with van der Waals surface area (Å²) in [5.41, 5.74) is 1.44. The molecule has 0 saturated heterocycles. The Labute approximate surface area is 136 Å². The molecule has 2 heterocycles. The number of hydrogen-bond donors (Lipinski definition) is 0. The Kier molecular flexibility index (Phi) is 5.02. The fourth-order valence-corrected chi connectivity index (χ4v) is 2.74. The Hall–Kier alpha value is -1.67. The Balaban J connectivity index is 2.28. The largest absolute Gasteiger partial charge is 0.481 e. The van der Waals surface area contributed by atoms with E-state index in [0.29, 0.717) is 22.4 Å². The monoisotopic (exact) mass is 338 g/mol. The number of nitrogens with zero attached hydrogens (tertiary/aromatic N) is 4. The Morgan fingerprint density at radius 1 is 1.41 bits per heavy atom. The summed E-state index contributed by atoms with van der Waals surface area (Å²) in [5.74, 6) is 1.09. The summed E-state index contributed by atoms with van der Waals surface area (Å²) in [4.78, 5) is 8.50. The maximum Gasteiger partial charge on any atom is 0.213 e. The van der Waals surface area contributed by atoms with Crippen molar-refractivity contribution in [3.05, 3.63) is 23.3 Å². The van der Waals surface area contributed by atoms with E-state index in [-0.39, 0.29) is 0 Å². The van der Waals surface area contributed by atoms with Crippen LogP contribution in [-0.4, -0.2) is 36.1 Å². The highest BCUT2D eigenvalue weighted by Crippen LogP contribution is 2.22. The highest BCUT2D eigenvalue weighted by molar-refractivity contribution is 7.85. The molecule has 0 aliphatic carbocycles. The third kappa shape index (κ3) is 3.95. The summed E-state index contributed by atoms with van der Waals surface area (Å²) in [5, 5.41) is 0.656. The fraction of sp³-hybridized carbons (Fsp3) is 0.429. The van der Waals surface area contributed by atoms with E-state index in [1.165, 1.54) is 11.5 Å². The van der Waals surface area contributed by atoms with E-state index < -0.39 is 15.7 Å². The van der Waals surface area contributed by atoms with Crippen molar-refractivity contribution in [3.8, 4) is 17.3 Å². The summed E-state index contributed by atoms with van der Waals surface area (Å²) in [6.07, 6.45) is 1.64. The van der Waals surface area contributed by atoms with Crippen molar-refractivity contribution in [3.63, 3.8) is 0 Å². The van der Waals surface area contributed by atoms with Gasteiger partial charge in [-0.3, -0.25) is 0 Å². The van der Waals surface area contributed by atoms with Gasteiger partial charge in [0, 0.05) is 17.8 Å². The molecule has 1 atom stereocenters. The van der Waals surface area contributed by atoms with Crippen LogP contribution in [0.2, 0.25) is 0 Å². The van der Waals surface area contributed by atoms with E-state index in [0.717, 1.165) is 5.56 Å². The Morgan fingerprint density at radius 2 is 2.14 bits per heavy atom. The zero-order valence-corrected chi connectivity index (χ0v) is 14.8. The zero-order valence-electron chi connectivity index (χ0n) is 13.2. The van der Waals surface area contributed by atoms with Crippen molar-refractivity contribution < 1.29 is 8.95 Å². The maximum atomic E-state index is 12.1. The highest BCUT2D eigenvalue weighted by Gasteiger charge is 2.20. The minimum atomic E-state index is -1.31. The number of pyridine rings is 1. The van der Waals surface area contributed by atoms with Crippen LogP contribution in [0.4, 0.5) is 0 Å². The number of rotatable bonds is 4. The molecule has 6 nitrogen and oxygen atoms in total. The smallest absolute Gasteiger partial charge is 0.213 e. The van der Waals surface area contributed by atoms with Gasteiger partial charge in [-0.1, -0.05) is 0 Å². The van der Waals surface area contributed by atoms with Gasteiger partial charge in [0.2, 0.25) is 5.88 Å². The minimum Gasteiger partial charge on any atom is -0.481 e. The van der Waals surface area contributed by atoms with Crippen LogP contribution in [0.1, 0.15) is 32.7 Å². The normalized spacial score (nSPS) is 14.0. The van der Waals surface area contributed by atoms with Gasteiger partial charge in [-0.15, -0.1) is 0 Å². The third-order valence-electron chi connectivity index (χ3n) is 2.68. The lowest BCUT2D eigenvalue weighted by atomic mass is 10.2. The van der Waals surface area contributed by atoms with E-state index >= 15 is 0 Å². The number of hydrogen-bond acceptors (Lipinski definition) is 6. The van der Waals surface area contributed by atoms with Crippen molar-refractivity contribution in [2.75, 3.05) is 7.11 Å². The average Bonchev–Trinajstić information content (AvgIpc) is 2.96. The van der Waals surface area contributed by atoms with Crippen LogP contribution in [0.25, 0.3) is 11.4 Å². The van der Waals surface area contributed by atoms with Crippen LogP contribution >= 0.6 is 11.5 Å². The van der Waals surface area contributed by atoms with Gasteiger partial charge >= 0.3 is 0 Å². The van der Waals surface area contributed by atoms with E-state index in [2.05, 4.69) is 18.7 Å². The van der Waals surface area contributed by atoms with Gasteiger partial charge in [0.1, 0.15) is 11.0 Å². The summed E-state index contributed by atoms with van der Waals surface area (Å²) in [7, 11) is 0.249. The summed E-state index contributed by atoms with van der Waals surface area (Å²) >= 11 is 1.23. The van der Waals surface area contributed by atoms with E-state index in [1.54, 1.807) is 26.3 Å². The second kappa shape index (κ2) is 6.62. The fourth-order valence-electron chi connectivity index (χ4n) is 1.45.